The molecule has 26 heavy (non-hydrogen) atoms. The highest BCUT2D eigenvalue weighted by Gasteiger charge is 2.27. The van der Waals surface area contributed by atoms with Gasteiger partial charge in [0.25, 0.3) is 0 Å². The number of furan rings is 1. The number of halogens is 1. The Hall–Kier alpha value is -2.21. The van der Waals surface area contributed by atoms with Crippen LogP contribution in [0.1, 0.15) is 38.2 Å². The van der Waals surface area contributed by atoms with Crippen molar-refractivity contribution in [1.29, 1.82) is 0 Å². The Morgan fingerprint density at radius 1 is 1.15 bits per heavy atom. The van der Waals surface area contributed by atoms with Crippen LogP contribution in [0, 0.1) is 0 Å². The van der Waals surface area contributed by atoms with Crippen molar-refractivity contribution < 1.29 is 18.7 Å². The lowest BCUT2D eigenvalue weighted by Crippen LogP contribution is -2.50. The van der Waals surface area contributed by atoms with Crippen LogP contribution in [0.25, 0.3) is 11.0 Å². The molecule has 3 rings (SSSR count). The lowest BCUT2D eigenvalue weighted by atomic mass is 10.2. The lowest BCUT2D eigenvalue weighted by molar-refractivity contribution is 0.0240. The molecule has 1 aromatic heterocycles. The normalized spacial score (nSPS) is 15.4. The van der Waals surface area contributed by atoms with Crippen molar-refractivity contribution in [3.05, 3.63) is 29.0 Å². The van der Waals surface area contributed by atoms with E-state index in [2.05, 4.69) is 4.90 Å². The van der Waals surface area contributed by atoms with Gasteiger partial charge in [0.05, 0.1) is 10.7 Å². The van der Waals surface area contributed by atoms with Gasteiger partial charge >= 0.3 is 6.09 Å². The van der Waals surface area contributed by atoms with Crippen LogP contribution in [0.5, 0.6) is 0 Å². The fourth-order valence-electron chi connectivity index (χ4n) is 2.94. The summed E-state index contributed by atoms with van der Waals surface area (Å²) in [5, 5.41) is 1.29. The molecule has 0 radical (unpaired) electrons. The van der Waals surface area contributed by atoms with E-state index in [0.717, 1.165) is 11.1 Å². The standard InChI is InChI=1S/C19H23ClN2O4/c1-12(23)16-11-13-15(25-16)6-5-14(17(13)20)21-7-9-22(10-8-21)18(24)26-19(2,3)4/h5-6,11H,7-10H2,1-4H3. The van der Waals surface area contributed by atoms with E-state index < -0.39 is 5.60 Å². The molecule has 140 valence electrons. The number of nitrogens with zero attached hydrogens (tertiary/aromatic N) is 2. The summed E-state index contributed by atoms with van der Waals surface area (Å²) >= 11 is 6.56. The summed E-state index contributed by atoms with van der Waals surface area (Å²) in [7, 11) is 0. The van der Waals surface area contributed by atoms with Crippen molar-refractivity contribution in [1.82, 2.24) is 4.90 Å². The minimum Gasteiger partial charge on any atom is -0.453 e. The molecule has 7 heteroatoms. The Bertz CT molecular complexity index is 845. The molecule has 1 aromatic carbocycles. The molecule has 1 aliphatic heterocycles. The van der Waals surface area contributed by atoms with Gasteiger partial charge < -0.3 is 19.0 Å². The monoisotopic (exact) mass is 378 g/mol. The number of anilines is 1. The van der Waals surface area contributed by atoms with E-state index >= 15 is 0 Å². The third-order valence-corrected chi connectivity index (χ3v) is 4.63. The molecule has 0 saturated carbocycles. The molecule has 1 fully saturated rings. The van der Waals surface area contributed by atoms with Crippen LogP contribution < -0.4 is 4.90 Å². The largest absolute Gasteiger partial charge is 0.453 e. The van der Waals surface area contributed by atoms with Crippen molar-refractivity contribution in [3.8, 4) is 0 Å². The summed E-state index contributed by atoms with van der Waals surface area (Å²) in [6.45, 7) is 9.47. The average Bonchev–Trinajstić information content (AvgIpc) is 2.99. The van der Waals surface area contributed by atoms with Crippen LogP contribution in [0.15, 0.2) is 22.6 Å². The van der Waals surface area contributed by atoms with Crippen LogP contribution in [0.4, 0.5) is 10.5 Å². The van der Waals surface area contributed by atoms with Crippen molar-refractivity contribution in [3.63, 3.8) is 0 Å². The molecule has 1 saturated heterocycles. The fraction of sp³-hybridized carbons (Fsp3) is 0.474. The minimum atomic E-state index is -0.502. The maximum atomic E-state index is 12.2. The Morgan fingerprint density at radius 3 is 2.38 bits per heavy atom. The first-order valence-corrected chi connectivity index (χ1v) is 8.99. The zero-order valence-corrected chi connectivity index (χ0v) is 16.2. The first kappa shape index (κ1) is 18.6. The maximum absolute atomic E-state index is 12.2. The number of fused-ring (bicyclic) bond motifs is 1. The number of carbonyl (C=O) groups is 2. The summed E-state index contributed by atoms with van der Waals surface area (Å²) in [6.07, 6.45) is -0.292. The number of rotatable bonds is 2. The number of amides is 1. The Morgan fingerprint density at radius 2 is 1.81 bits per heavy atom. The van der Waals surface area contributed by atoms with E-state index in [4.69, 9.17) is 20.8 Å². The molecule has 0 bridgehead atoms. The van der Waals surface area contributed by atoms with E-state index in [1.54, 1.807) is 11.0 Å². The zero-order valence-electron chi connectivity index (χ0n) is 15.5. The van der Waals surface area contributed by atoms with Crippen LogP contribution in [-0.4, -0.2) is 48.6 Å². The van der Waals surface area contributed by atoms with E-state index in [0.29, 0.717) is 42.5 Å². The van der Waals surface area contributed by atoms with Gasteiger partial charge in [0.2, 0.25) is 0 Å². The fourth-order valence-corrected chi connectivity index (χ4v) is 3.27. The molecule has 0 aliphatic carbocycles. The predicted molar refractivity (Wildman–Crippen MR) is 101 cm³/mol. The van der Waals surface area contributed by atoms with Gasteiger partial charge in [-0.05, 0) is 39.0 Å². The average molecular weight is 379 g/mol. The summed E-state index contributed by atoms with van der Waals surface area (Å²) in [5.74, 6) is 0.165. The van der Waals surface area contributed by atoms with Gasteiger partial charge in [0.1, 0.15) is 11.2 Å². The molecule has 1 amide bonds. The van der Waals surface area contributed by atoms with Gasteiger partial charge in [0.15, 0.2) is 11.5 Å². The molecule has 6 nitrogen and oxygen atoms in total. The number of hydrogen-bond acceptors (Lipinski definition) is 5. The van der Waals surface area contributed by atoms with E-state index in [1.807, 2.05) is 32.9 Å². The second-order valence-electron chi connectivity index (χ2n) is 7.43. The third-order valence-electron chi connectivity index (χ3n) is 4.23. The minimum absolute atomic E-state index is 0.134. The lowest BCUT2D eigenvalue weighted by Gasteiger charge is -2.37. The smallest absolute Gasteiger partial charge is 0.410 e. The van der Waals surface area contributed by atoms with Crippen LogP contribution in [0.3, 0.4) is 0 Å². The molecular weight excluding hydrogens is 356 g/mol. The number of carbonyl (C=O) groups excluding carboxylic acids is 2. The first-order valence-electron chi connectivity index (χ1n) is 8.61. The zero-order chi connectivity index (χ0) is 19.1. The van der Waals surface area contributed by atoms with Crippen LogP contribution >= 0.6 is 11.6 Å². The Kier molecular flexibility index (Phi) is 4.88. The molecule has 0 unspecified atom stereocenters. The van der Waals surface area contributed by atoms with Gasteiger partial charge in [-0.15, -0.1) is 0 Å². The Balaban J connectivity index is 1.74. The summed E-state index contributed by atoms with van der Waals surface area (Å²) in [6, 6.07) is 5.39. The quantitative estimate of drug-likeness (QED) is 0.727. The second-order valence-corrected chi connectivity index (χ2v) is 7.81. The predicted octanol–water partition coefficient (Wildman–Crippen LogP) is 4.35. The van der Waals surface area contributed by atoms with Gasteiger partial charge in [-0.25, -0.2) is 4.79 Å². The highest BCUT2D eigenvalue weighted by molar-refractivity contribution is 6.38. The van der Waals surface area contributed by atoms with Crippen LogP contribution in [0.2, 0.25) is 5.02 Å². The van der Waals surface area contributed by atoms with Gasteiger partial charge in [0, 0.05) is 38.5 Å². The molecule has 2 aromatic rings. The van der Waals surface area contributed by atoms with Crippen molar-refractivity contribution in [2.75, 3.05) is 31.1 Å². The number of ether oxygens (including phenoxy) is 1. The van der Waals surface area contributed by atoms with Crippen molar-refractivity contribution >= 4 is 40.1 Å². The number of Topliss-reactive ketones (excluding diaryl/α,β-unsaturated/α-hetero) is 1. The van der Waals surface area contributed by atoms with Gasteiger partial charge in [-0.1, -0.05) is 11.6 Å². The Labute approximate surface area is 157 Å². The molecular formula is C19H23ClN2O4. The van der Waals surface area contributed by atoms with Gasteiger partial charge in [-0.3, -0.25) is 4.79 Å². The number of piperazine rings is 1. The molecule has 0 N–H and O–H groups in total. The van der Waals surface area contributed by atoms with Crippen molar-refractivity contribution in [2.45, 2.75) is 33.3 Å². The second kappa shape index (κ2) is 6.83. The SMILES string of the molecule is CC(=O)c1cc2c(Cl)c(N3CCN(C(=O)OC(C)(C)C)CC3)ccc2o1. The van der Waals surface area contributed by atoms with Gasteiger partial charge in [-0.2, -0.15) is 0 Å². The van der Waals surface area contributed by atoms with E-state index in [-0.39, 0.29) is 11.9 Å². The van der Waals surface area contributed by atoms with E-state index in [9.17, 15) is 9.59 Å². The molecule has 2 heterocycles. The summed E-state index contributed by atoms with van der Waals surface area (Å²) in [4.78, 5) is 27.5. The molecule has 0 atom stereocenters. The van der Waals surface area contributed by atoms with Crippen molar-refractivity contribution in [2.24, 2.45) is 0 Å². The highest BCUT2D eigenvalue weighted by Crippen LogP contribution is 2.36. The number of hydrogen-bond donors (Lipinski definition) is 0. The van der Waals surface area contributed by atoms with Crippen LogP contribution in [-0.2, 0) is 4.74 Å². The highest BCUT2D eigenvalue weighted by atomic mass is 35.5. The molecule has 1 aliphatic rings. The summed E-state index contributed by atoms with van der Waals surface area (Å²) < 4.78 is 10.9. The third kappa shape index (κ3) is 3.80. The number of benzene rings is 1. The topological polar surface area (TPSA) is 63.0 Å². The number of ketones is 1. The first-order chi connectivity index (χ1) is 12.2. The summed E-state index contributed by atoms with van der Waals surface area (Å²) in [5.41, 5.74) is 0.966. The van der Waals surface area contributed by atoms with E-state index in [1.165, 1.54) is 6.92 Å². The maximum Gasteiger partial charge on any atom is 0.410 e. The molecule has 0 spiro atoms.